The fourth-order valence-corrected chi connectivity index (χ4v) is 2.83. The smallest absolute Gasteiger partial charge is 0.326 e. The second-order valence-corrected chi connectivity index (χ2v) is 5.62. The number of carbonyl (C=O) groups excluding carboxylic acids is 1. The Labute approximate surface area is 123 Å². The van der Waals surface area contributed by atoms with Crippen LogP contribution in [0.25, 0.3) is 0 Å². The molecule has 2 unspecified atom stereocenters. The van der Waals surface area contributed by atoms with E-state index in [0.717, 1.165) is 12.8 Å². The third-order valence-corrected chi connectivity index (χ3v) is 4.24. The molecule has 1 aliphatic rings. The van der Waals surface area contributed by atoms with Gasteiger partial charge in [0.05, 0.1) is 0 Å². The molecule has 0 bridgehead atoms. The molecule has 1 heterocycles. The lowest BCUT2D eigenvalue weighted by Crippen LogP contribution is -2.50. The van der Waals surface area contributed by atoms with E-state index in [1.807, 2.05) is 6.92 Å². The fourth-order valence-electron chi connectivity index (χ4n) is 2.83. The highest BCUT2D eigenvalue weighted by molar-refractivity contribution is 5.96. The molecule has 1 amide bonds. The molecule has 114 valence electrons. The summed E-state index contributed by atoms with van der Waals surface area (Å²) in [6.45, 7) is 4.05. The molecule has 0 radical (unpaired) electrons. The van der Waals surface area contributed by atoms with Gasteiger partial charge in [-0.1, -0.05) is 13.3 Å². The summed E-state index contributed by atoms with van der Waals surface area (Å²) < 4.78 is 13.3. The Kier molecular flexibility index (Phi) is 4.60. The number of aliphatic carboxylic acids is 1. The van der Waals surface area contributed by atoms with Crippen molar-refractivity contribution in [2.45, 2.75) is 39.2 Å². The number of amides is 1. The van der Waals surface area contributed by atoms with E-state index in [1.165, 1.54) is 23.1 Å². The maximum absolute atomic E-state index is 13.3. The second kappa shape index (κ2) is 6.24. The lowest BCUT2D eigenvalue weighted by atomic mass is 9.88. The standard InChI is InChI=1S/C16H20FNO3/c1-3-11-6-7-18(14(9-11)16(20)21)15(19)12-4-5-13(17)10(2)8-12/h4-5,8,11,14H,3,6-7,9H2,1-2H3,(H,20,21). The first-order valence-electron chi connectivity index (χ1n) is 7.24. The summed E-state index contributed by atoms with van der Waals surface area (Å²) in [6, 6.07) is 3.34. The van der Waals surface area contributed by atoms with Gasteiger partial charge in [-0.25, -0.2) is 9.18 Å². The molecule has 0 spiro atoms. The highest BCUT2D eigenvalue weighted by Crippen LogP contribution is 2.27. The van der Waals surface area contributed by atoms with Crippen molar-refractivity contribution in [1.82, 2.24) is 4.90 Å². The van der Waals surface area contributed by atoms with Gasteiger partial charge in [-0.2, -0.15) is 0 Å². The molecule has 0 saturated carbocycles. The molecule has 1 aromatic rings. The van der Waals surface area contributed by atoms with Crippen LogP contribution in [0.15, 0.2) is 18.2 Å². The Bertz CT molecular complexity index is 558. The molecule has 0 aromatic heterocycles. The van der Waals surface area contributed by atoms with Crippen LogP contribution in [0.3, 0.4) is 0 Å². The molecule has 2 rings (SSSR count). The molecule has 21 heavy (non-hydrogen) atoms. The lowest BCUT2D eigenvalue weighted by Gasteiger charge is -2.37. The predicted octanol–water partition coefficient (Wildman–Crippen LogP) is 2.85. The van der Waals surface area contributed by atoms with Gasteiger partial charge in [0.2, 0.25) is 0 Å². The van der Waals surface area contributed by atoms with E-state index in [-0.39, 0.29) is 11.7 Å². The molecule has 2 atom stereocenters. The molecule has 4 nitrogen and oxygen atoms in total. The Morgan fingerprint density at radius 2 is 2.14 bits per heavy atom. The first kappa shape index (κ1) is 15.5. The number of nitrogens with zero attached hydrogens (tertiary/aromatic N) is 1. The van der Waals surface area contributed by atoms with Crippen molar-refractivity contribution in [1.29, 1.82) is 0 Å². The van der Waals surface area contributed by atoms with E-state index in [4.69, 9.17) is 0 Å². The summed E-state index contributed by atoms with van der Waals surface area (Å²) in [4.78, 5) is 25.3. The molecule has 1 aromatic carbocycles. The Morgan fingerprint density at radius 1 is 1.43 bits per heavy atom. The van der Waals surface area contributed by atoms with Crippen LogP contribution in [0, 0.1) is 18.7 Å². The van der Waals surface area contributed by atoms with E-state index >= 15 is 0 Å². The van der Waals surface area contributed by atoms with Crippen LogP contribution in [0.1, 0.15) is 42.1 Å². The van der Waals surface area contributed by atoms with Crippen molar-refractivity contribution in [2.75, 3.05) is 6.54 Å². The molecule has 5 heteroatoms. The number of carboxylic acids is 1. The quantitative estimate of drug-likeness (QED) is 0.932. The zero-order chi connectivity index (χ0) is 15.6. The van der Waals surface area contributed by atoms with Gasteiger partial charge in [0.1, 0.15) is 11.9 Å². The van der Waals surface area contributed by atoms with Crippen LogP contribution in [-0.2, 0) is 4.79 Å². The summed E-state index contributed by atoms with van der Waals surface area (Å²) in [5, 5.41) is 9.36. The third kappa shape index (κ3) is 3.23. The predicted molar refractivity (Wildman–Crippen MR) is 76.6 cm³/mol. The maximum Gasteiger partial charge on any atom is 0.326 e. The molecular weight excluding hydrogens is 273 g/mol. The normalized spacial score (nSPS) is 22.1. The van der Waals surface area contributed by atoms with Gasteiger partial charge in [-0.15, -0.1) is 0 Å². The molecule has 1 aliphatic heterocycles. The van der Waals surface area contributed by atoms with E-state index in [1.54, 1.807) is 6.92 Å². The van der Waals surface area contributed by atoms with Crippen LogP contribution >= 0.6 is 0 Å². The van der Waals surface area contributed by atoms with Crippen LogP contribution in [0.5, 0.6) is 0 Å². The third-order valence-electron chi connectivity index (χ3n) is 4.24. The van der Waals surface area contributed by atoms with Crippen molar-refractivity contribution in [3.05, 3.63) is 35.1 Å². The van der Waals surface area contributed by atoms with Gasteiger partial charge in [-0.05, 0) is 49.4 Å². The van der Waals surface area contributed by atoms with Crippen LogP contribution in [0.4, 0.5) is 4.39 Å². The number of hydrogen-bond donors (Lipinski definition) is 1. The minimum atomic E-state index is -0.972. The SMILES string of the molecule is CCC1CCN(C(=O)c2ccc(F)c(C)c2)C(C(=O)O)C1. The molecule has 1 fully saturated rings. The van der Waals surface area contributed by atoms with Crippen LogP contribution in [0.2, 0.25) is 0 Å². The van der Waals surface area contributed by atoms with E-state index in [0.29, 0.717) is 30.0 Å². The van der Waals surface area contributed by atoms with Gasteiger partial charge in [0.15, 0.2) is 0 Å². The molecule has 1 N–H and O–H groups in total. The number of benzene rings is 1. The number of carboxylic acid groups (broad SMARTS) is 1. The summed E-state index contributed by atoms with van der Waals surface area (Å²) in [5.74, 6) is -1.34. The minimum absolute atomic E-state index is 0.333. The Hall–Kier alpha value is -1.91. The van der Waals surface area contributed by atoms with Gasteiger partial charge >= 0.3 is 5.97 Å². The summed E-state index contributed by atoms with van der Waals surface area (Å²) in [5.41, 5.74) is 0.728. The lowest BCUT2D eigenvalue weighted by molar-refractivity contribution is -0.144. The summed E-state index contributed by atoms with van der Waals surface area (Å²) in [6.07, 6.45) is 2.21. The molecule has 1 saturated heterocycles. The van der Waals surface area contributed by atoms with Crippen molar-refractivity contribution in [3.8, 4) is 0 Å². The zero-order valence-electron chi connectivity index (χ0n) is 12.3. The van der Waals surface area contributed by atoms with Crippen molar-refractivity contribution < 1.29 is 19.1 Å². The highest BCUT2D eigenvalue weighted by atomic mass is 19.1. The fraction of sp³-hybridized carbons (Fsp3) is 0.500. The van der Waals surface area contributed by atoms with Gasteiger partial charge in [-0.3, -0.25) is 4.79 Å². The van der Waals surface area contributed by atoms with Gasteiger partial charge < -0.3 is 10.0 Å². The number of hydrogen-bond acceptors (Lipinski definition) is 2. The van der Waals surface area contributed by atoms with Crippen LogP contribution in [-0.4, -0.2) is 34.5 Å². The van der Waals surface area contributed by atoms with E-state index in [2.05, 4.69) is 0 Å². The van der Waals surface area contributed by atoms with Gasteiger partial charge in [0.25, 0.3) is 5.91 Å². The van der Waals surface area contributed by atoms with Crippen molar-refractivity contribution >= 4 is 11.9 Å². The van der Waals surface area contributed by atoms with Gasteiger partial charge in [0, 0.05) is 12.1 Å². The Balaban J connectivity index is 2.24. The topological polar surface area (TPSA) is 57.6 Å². The number of likely N-dealkylation sites (tertiary alicyclic amines) is 1. The van der Waals surface area contributed by atoms with E-state index < -0.39 is 12.0 Å². The number of aryl methyl sites for hydroxylation is 1. The molecule has 0 aliphatic carbocycles. The monoisotopic (exact) mass is 293 g/mol. The first-order chi connectivity index (χ1) is 9.93. The number of piperidine rings is 1. The second-order valence-electron chi connectivity index (χ2n) is 5.62. The maximum atomic E-state index is 13.3. The van der Waals surface area contributed by atoms with Crippen molar-refractivity contribution in [3.63, 3.8) is 0 Å². The number of rotatable bonds is 3. The number of carbonyl (C=O) groups is 2. The summed E-state index contributed by atoms with van der Waals surface area (Å²) >= 11 is 0. The zero-order valence-corrected chi connectivity index (χ0v) is 12.3. The minimum Gasteiger partial charge on any atom is -0.480 e. The molecular formula is C16H20FNO3. The van der Waals surface area contributed by atoms with Crippen LogP contribution < -0.4 is 0 Å². The van der Waals surface area contributed by atoms with E-state index in [9.17, 15) is 19.1 Å². The Morgan fingerprint density at radius 3 is 2.71 bits per heavy atom. The highest BCUT2D eigenvalue weighted by Gasteiger charge is 2.35. The van der Waals surface area contributed by atoms with Crippen molar-refractivity contribution in [2.24, 2.45) is 5.92 Å². The summed E-state index contributed by atoms with van der Waals surface area (Å²) in [7, 11) is 0. The first-order valence-corrected chi connectivity index (χ1v) is 7.24. The largest absolute Gasteiger partial charge is 0.480 e. The average Bonchev–Trinajstić information content (AvgIpc) is 2.48. The number of halogens is 1. The average molecular weight is 293 g/mol.